The molecule has 2 heteroatoms. The van der Waals surface area contributed by atoms with Crippen LogP contribution in [0.25, 0.3) is 0 Å². The zero-order valence-electron chi connectivity index (χ0n) is 9.09. The maximum atomic E-state index is 3.42. The van der Waals surface area contributed by atoms with Crippen LogP contribution < -0.4 is 5.32 Å². The van der Waals surface area contributed by atoms with Crippen LogP contribution in [0.5, 0.6) is 0 Å². The molecule has 0 aliphatic heterocycles. The van der Waals surface area contributed by atoms with Crippen molar-refractivity contribution in [1.29, 1.82) is 0 Å². The van der Waals surface area contributed by atoms with Gasteiger partial charge in [-0.3, -0.25) is 0 Å². The zero-order valence-corrected chi connectivity index (χ0v) is 10.8. The van der Waals surface area contributed by atoms with E-state index in [1.165, 1.54) is 6.54 Å². The molecule has 0 spiro atoms. The quantitative estimate of drug-likeness (QED) is 0.804. The summed E-state index contributed by atoms with van der Waals surface area (Å²) in [6.07, 6.45) is 9.34. The SMILES string of the molecule is Br.CNCC12CC3CC(CC(C3)C1)C2. The van der Waals surface area contributed by atoms with Crippen LogP contribution in [0.15, 0.2) is 0 Å². The highest BCUT2D eigenvalue weighted by Gasteiger charge is 2.50. The summed E-state index contributed by atoms with van der Waals surface area (Å²) in [6.45, 7) is 1.29. The summed E-state index contributed by atoms with van der Waals surface area (Å²) in [6, 6.07) is 0. The molecule has 0 atom stereocenters. The van der Waals surface area contributed by atoms with E-state index in [9.17, 15) is 0 Å². The van der Waals surface area contributed by atoms with Gasteiger partial charge in [-0.25, -0.2) is 0 Å². The predicted octanol–water partition coefficient (Wildman–Crippen LogP) is 3.00. The normalized spacial score (nSPS) is 49.1. The third-order valence-corrected chi connectivity index (χ3v) is 4.72. The molecule has 4 fully saturated rings. The lowest BCUT2D eigenvalue weighted by Crippen LogP contribution is -2.49. The second kappa shape index (κ2) is 3.79. The van der Waals surface area contributed by atoms with Gasteiger partial charge in [0.2, 0.25) is 0 Å². The van der Waals surface area contributed by atoms with Gasteiger partial charge in [0.25, 0.3) is 0 Å². The lowest BCUT2D eigenvalue weighted by Gasteiger charge is -2.57. The lowest BCUT2D eigenvalue weighted by molar-refractivity contribution is -0.0503. The minimum Gasteiger partial charge on any atom is -0.319 e. The summed E-state index contributed by atoms with van der Waals surface area (Å²) in [7, 11) is 2.12. The van der Waals surface area contributed by atoms with Crippen molar-refractivity contribution in [2.75, 3.05) is 13.6 Å². The third kappa shape index (κ3) is 1.65. The van der Waals surface area contributed by atoms with E-state index in [-0.39, 0.29) is 17.0 Å². The highest BCUT2D eigenvalue weighted by atomic mass is 79.9. The Morgan fingerprint density at radius 1 is 1.00 bits per heavy atom. The minimum absolute atomic E-state index is 0. The van der Waals surface area contributed by atoms with Crippen LogP contribution in [0.2, 0.25) is 0 Å². The molecule has 0 aromatic carbocycles. The molecule has 4 aliphatic rings. The summed E-state index contributed by atoms with van der Waals surface area (Å²) >= 11 is 0. The summed E-state index contributed by atoms with van der Waals surface area (Å²) < 4.78 is 0. The summed E-state index contributed by atoms with van der Waals surface area (Å²) in [5.41, 5.74) is 0.740. The Morgan fingerprint density at radius 2 is 1.43 bits per heavy atom. The van der Waals surface area contributed by atoms with Gasteiger partial charge in [0.15, 0.2) is 0 Å². The molecule has 14 heavy (non-hydrogen) atoms. The Hall–Kier alpha value is 0.440. The van der Waals surface area contributed by atoms with E-state index in [0.29, 0.717) is 0 Å². The van der Waals surface area contributed by atoms with Gasteiger partial charge in [-0.05, 0) is 68.7 Å². The lowest BCUT2D eigenvalue weighted by atomic mass is 9.49. The van der Waals surface area contributed by atoms with Crippen LogP contribution in [-0.2, 0) is 0 Å². The third-order valence-electron chi connectivity index (χ3n) is 4.72. The fourth-order valence-electron chi connectivity index (χ4n) is 4.88. The Balaban J connectivity index is 0.000000750. The zero-order chi connectivity index (χ0) is 8.89. The molecule has 1 N–H and O–H groups in total. The van der Waals surface area contributed by atoms with Crippen LogP contribution in [0.4, 0.5) is 0 Å². The van der Waals surface area contributed by atoms with Gasteiger partial charge in [-0.1, -0.05) is 0 Å². The van der Waals surface area contributed by atoms with Crippen molar-refractivity contribution in [2.24, 2.45) is 23.2 Å². The first kappa shape index (κ1) is 10.9. The fourth-order valence-corrected chi connectivity index (χ4v) is 4.88. The van der Waals surface area contributed by atoms with Crippen LogP contribution in [-0.4, -0.2) is 13.6 Å². The van der Waals surface area contributed by atoms with Gasteiger partial charge < -0.3 is 5.32 Å². The fraction of sp³-hybridized carbons (Fsp3) is 1.00. The maximum absolute atomic E-state index is 3.42. The Morgan fingerprint density at radius 3 is 1.79 bits per heavy atom. The first-order valence-corrected chi connectivity index (χ1v) is 5.94. The highest BCUT2D eigenvalue weighted by Crippen LogP contribution is 2.59. The van der Waals surface area contributed by atoms with Crippen molar-refractivity contribution in [3.05, 3.63) is 0 Å². The van der Waals surface area contributed by atoms with Crippen LogP contribution in [0.3, 0.4) is 0 Å². The van der Waals surface area contributed by atoms with Gasteiger partial charge in [-0.15, -0.1) is 17.0 Å². The number of nitrogens with one attached hydrogen (secondary N) is 1. The number of hydrogen-bond acceptors (Lipinski definition) is 1. The van der Waals surface area contributed by atoms with E-state index in [1.54, 1.807) is 38.5 Å². The second-order valence-electron chi connectivity index (χ2n) is 5.95. The monoisotopic (exact) mass is 259 g/mol. The largest absolute Gasteiger partial charge is 0.319 e. The molecular weight excluding hydrogens is 238 g/mol. The van der Waals surface area contributed by atoms with E-state index in [2.05, 4.69) is 12.4 Å². The number of hydrogen-bond donors (Lipinski definition) is 1. The average molecular weight is 260 g/mol. The molecule has 4 rings (SSSR count). The van der Waals surface area contributed by atoms with Crippen molar-refractivity contribution >= 4 is 17.0 Å². The molecule has 4 saturated carbocycles. The van der Waals surface area contributed by atoms with Gasteiger partial charge >= 0.3 is 0 Å². The first-order valence-electron chi connectivity index (χ1n) is 5.94. The maximum Gasteiger partial charge on any atom is 0.000511 e. The van der Waals surface area contributed by atoms with Crippen molar-refractivity contribution in [2.45, 2.75) is 38.5 Å². The molecule has 82 valence electrons. The Bertz CT molecular complexity index is 179. The molecule has 0 amide bonds. The van der Waals surface area contributed by atoms with Crippen molar-refractivity contribution < 1.29 is 0 Å². The molecule has 0 radical (unpaired) electrons. The number of halogens is 1. The van der Waals surface area contributed by atoms with E-state index in [4.69, 9.17) is 0 Å². The first-order chi connectivity index (χ1) is 6.30. The standard InChI is InChI=1S/C12H21N.BrH/c1-13-8-12-5-9-2-10(6-12)4-11(3-9)7-12;/h9-11,13H,2-8H2,1H3;1H. The van der Waals surface area contributed by atoms with Gasteiger partial charge in [0.05, 0.1) is 0 Å². The second-order valence-corrected chi connectivity index (χ2v) is 5.95. The van der Waals surface area contributed by atoms with Gasteiger partial charge in [0.1, 0.15) is 0 Å². The molecular formula is C12H22BrN. The molecule has 1 nitrogen and oxygen atoms in total. The van der Waals surface area contributed by atoms with Crippen LogP contribution >= 0.6 is 17.0 Å². The van der Waals surface area contributed by atoms with E-state index in [1.807, 2.05) is 0 Å². The van der Waals surface area contributed by atoms with Crippen LogP contribution in [0.1, 0.15) is 38.5 Å². The van der Waals surface area contributed by atoms with Gasteiger partial charge in [0, 0.05) is 6.54 Å². The molecule has 0 saturated heterocycles. The highest BCUT2D eigenvalue weighted by molar-refractivity contribution is 8.93. The molecule has 0 heterocycles. The molecule has 0 unspecified atom stereocenters. The number of rotatable bonds is 2. The molecule has 0 aromatic rings. The van der Waals surface area contributed by atoms with Crippen molar-refractivity contribution in [3.63, 3.8) is 0 Å². The predicted molar refractivity (Wildman–Crippen MR) is 64.9 cm³/mol. The molecule has 4 aliphatic carbocycles. The summed E-state index contributed by atoms with van der Waals surface area (Å²) in [5.74, 6) is 3.33. The topological polar surface area (TPSA) is 12.0 Å². The smallest absolute Gasteiger partial charge is 0.000511 e. The van der Waals surface area contributed by atoms with Crippen LogP contribution in [0, 0.1) is 23.2 Å². The van der Waals surface area contributed by atoms with E-state index in [0.717, 1.165) is 23.2 Å². The van der Waals surface area contributed by atoms with E-state index < -0.39 is 0 Å². The Kier molecular flexibility index (Phi) is 2.96. The average Bonchev–Trinajstić information content (AvgIpc) is 2.00. The van der Waals surface area contributed by atoms with Gasteiger partial charge in [-0.2, -0.15) is 0 Å². The molecule has 0 aromatic heterocycles. The van der Waals surface area contributed by atoms with Crippen molar-refractivity contribution in [3.8, 4) is 0 Å². The van der Waals surface area contributed by atoms with Crippen molar-refractivity contribution in [1.82, 2.24) is 5.32 Å². The minimum atomic E-state index is 0. The molecule has 4 bridgehead atoms. The van der Waals surface area contributed by atoms with E-state index >= 15 is 0 Å². The summed E-state index contributed by atoms with van der Waals surface area (Å²) in [4.78, 5) is 0. The Labute approximate surface area is 97.8 Å². The summed E-state index contributed by atoms with van der Waals surface area (Å²) in [5, 5.41) is 3.42.